The van der Waals surface area contributed by atoms with E-state index in [0.29, 0.717) is 0 Å². The lowest BCUT2D eigenvalue weighted by Gasteiger charge is -2.21. The molecule has 216 valence electrons. The zero-order valence-corrected chi connectivity index (χ0v) is 25.5. The first-order chi connectivity index (χ1) is 22.6. The van der Waals surface area contributed by atoms with E-state index in [4.69, 9.17) is 14.4 Å². The third kappa shape index (κ3) is 3.37. The maximum atomic E-state index is 6.61. The van der Waals surface area contributed by atoms with Gasteiger partial charge in [-0.25, -0.2) is 9.97 Å². The molecule has 1 aliphatic carbocycles. The van der Waals surface area contributed by atoms with Crippen LogP contribution in [-0.4, -0.2) is 9.97 Å². The van der Waals surface area contributed by atoms with E-state index in [-0.39, 0.29) is 5.41 Å². The van der Waals surface area contributed by atoms with Crippen molar-refractivity contribution >= 4 is 54.4 Å². The van der Waals surface area contributed by atoms with Crippen LogP contribution < -0.4 is 0 Å². The van der Waals surface area contributed by atoms with Gasteiger partial charge < -0.3 is 4.42 Å². The lowest BCUT2D eigenvalue weighted by Crippen LogP contribution is -2.17. The van der Waals surface area contributed by atoms with Crippen LogP contribution in [-0.2, 0) is 5.41 Å². The Balaban J connectivity index is 1.16. The molecule has 6 aromatic carbocycles. The number of rotatable bonds is 2. The summed E-state index contributed by atoms with van der Waals surface area (Å²) in [5.41, 5.74) is 11.3. The van der Waals surface area contributed by atoms with Crippen LogP contribution in [0.2, 0.25) is 0 Å². The van der Waals surface area contributed by atoms with Crippen LogP contribution >= 0.6 is 0 Å². The highest BCUT2D eigenvalue weighted by atomic mass is 16.3. The molecule has 3 heteroatoms. The molecule has 3 aromatic heterocycles. The van der Waals surface area contributed by atoms with E-state index in [1.54, 1.807) is 0 Å². The molecular weight excluding hydrogens is 560 g/mol. The number of nitrogens with zero attached hydrogens (tertiary/aromatic N) is 2. The Morgan fingerprint density at radius 1 is 0.522 bits per heavy atom. The van der Waals surface area contributed by atoms with Crippen molar-refractivity contribution < 1.29 is 4.42 Å². The number of para-hydroxylation sites is 1. The van der Waals surface area contributed by atoms with Gasteiger partial charge in [-0.1, -0.05) is 129 Å². The number of furan rings is 1. The molecule has 1 aliphatic rings. The molecular formula is C43H28N2O. The summed E-state index contributed by atoms with van der Waals surface area (Å²) in [6.45, 7) is 4.56. The lowest BCUT2D eigenvalue weighted by atomic mass is 9.85. The maximum Gasteiger partial charge on any atom is 0.162 e. The van der Waals surface area contributed by atoms with E-state index in [2.05, 4.69) is 141 Å². The van der Waals surface area contributed by atoms with Crippen molar-refractivity contribution in [2.75, 3.05) is 0 Å². The van der Waals surface area contributed by atoms with E-state index in [9.17, 15) is 0 Å². The lowest BCUT2D eigenvalue weighted by molar-refractivity contribution is 0.634. The summed E-state index contributed by atoms with van der Waals surface area (Å²) < 4.78 is 6.61. The monoisotopic (exact) mass is 588 g/mol. The van der Waals surface area contributed by atoms with Crippen LogP contribution in [0.1, 0.15) is 25.1 Å². The molecule has 0 amide bonds. The predicted molar refractivity (Wildman–Crippen MR) is 190 cm³/mol. The largest absolute Gasteiger partial charge is 0.454 e. The minimum Gasteiger partial charge on any atom is -0.454 e. The van der Waals surface area contributed by atoms with E-state index >= 15 is 0 Å². The number of hydrogen-bond acceptors (Lipinski definition) is 3. The molecule has 9 aromatic rings. The minimum atomic E-state index is -0.227. The molecule has 0 unspecified atom stereocenters. The molecule has 0 atom stereocenters. The van der Waals surface area contributed by atoms with Crippen molar-refractivity contribution in [1.29, 1.82) is 0 Å². The number of pyridine rings is 2. The average molecular weight is 589 g/mol. The highest BCUT2D eigenvalue weighted by Crippen LogP contribution is 2.53. The molecule has 3 heterocycles. The molecule has 46 heavy (non-hydrogen) atoms. The van der Waals surface area contributed by atoms with Gasteiger partial charge in [0.25, 0.3) is 0 Å². The molecule has 0 N–H and O–H groups in total. The van der Waals surface area contributed by atoms with Crippen molar-refractivity contribution in [2.45, 2.75) is 19.3 Å². The van der Waals surface area contributed by atoms with Crippen molar-refractivity contribution in [3.05, 3.63) is 145 Å². The van der Waals surface area contributed by atoms with Gasteiger partial charge in [-0.2, -0.15) is 0 Å². The maximum absolute atomic E-state index is 6.61. The SMILES string of the molecule is CC1(C)c2ccccc2-c2c1nc(-c1ccc(-c3ccc4c5ccccc5c5ccccc5c4n3)cc1)c1oc3ccccc3c21. The molecule has 0 fully saturated rings. The summed E-state index contributed by atoms with van der Waals surface area (Å²) in [7, 11) is 0. The highest BCUT2D eigenvalue weighted by Gasteiger charge is 2.39. The third-order valence-corrected chi connectivity index (χ3v) is 10.0. The average Bonchev–Trinajstić information content (AvgIpc) is 3.60. The number of hydrogen-bond donors (Lipinski definition) is 0. The smallest absolute Gasteiger partial charge is 0.162 e. The van der Waals surface area contributed by atoms with Gasteiger partial charge in [0.15, 0.2) is 5.58 Å². The normalized spacial score (nSPS) is 13.6. The van der Waals surface area contributed by atoms with E-state index < -0.39 is 0 Å². The van der Waals surface area contributed by atoms with Gasteiger partial charge in [0.05, 0.1) is 16.9 Å². The predicted octanol–water partition coefficient (Wildman–Crippen LogP) is 11.5. The van der Waals surface area contributed by atoms with Gasteiger partial charge in [-0.3, -0.25) is 0 Å². The van der Waals surface area contributed by atoms with Crippen molar-refractivity contribution in [3.63, 3.8) is 0 Å². The summed E-state index contributed by atoms with van der Waals surface area (Å²) >= 11 is 0. The van der Waals surface area contributed by atoms with Gasteiger partial charge in [-0.05, 0) is 45.5 Å². The molecule has 0 spiro atoms. The second kappa shape index (κ2) is 9.12. The molecule has 0 bridgehead atoms. The van der Waals surface area contributed by atoms with E-state index in [1.165, 1.54) is 43.6 Å². The summed E-state index contributed by atoms with van der Waals surface area (Å²) in [4.78, 5) is 10.7. The standard InChI is InChI=1S/C43H28N2O/c1-43(2)34-17-9-7-15-32(34)38-37-33-16-8-10-18-36(33)46-41(37)39(45-42(38)43)26-21-19-25(20-22-26)35-24-23-31-29-13-4-3-11-27(29)28-12-5-6-14-30(28)40(31)44-35/h3-24H,1-2H3. The molecule has 10 rings (SSSR count). The quantitative estimate of drug-likeness (QED) is 0.189. The van der Waals surface area contributed by atoms with Crippen LogP contribution in [0.4, 0.5) is 0 Å². The highest BCUT2D eigenvalue weighted by molar-refractivity contribution is 6.24. The van der Waals surface area contributed by atoms with Gasteiger partial charge >= 0.3 is 0 Å². The number of aromatic nitrogens is 2. The second-order valence-corrected chi connectivity index (χ2v) is 12.9. The summed E-state index contributed by atoms with van der Waals surface area (Å²) in [6, 6.07) is 47.3. The Kier molecular flexibility index (Phi) is 5.06. The Labute approximate surface area is 265 Å². The fraction of sp³-hybridized carbons (Fsp3) is 0.0698. The first-order valence-electron chi connectivity index (χ1n) is 15.8. The third-order valence-electron chi connectivity index (χ3n) is 10.0. The van der Waals surface area contributed by atoms with Crippen molar-refractivity contribution in [2.24, 2.45) is 0 Å². The van der Waals surface area contributed by atoms with Crippen LogP contribution in [0.15, 0.2) is 138 Å². The van der Waals surface area contributed by atoms with Crippen molar-refractivity contribution in [3.8, 4) is 33.6 Å². The number of benzene rings is 6. The first kappa shape index (κ1) is 25.5. The number of fused-ring (bicyclic) bond motifs is 13. The first-order valence-corrected chi connectivity index (χ1v) is 15.8. The van der Waals surface area contributed by atoms with E-state index in [1.807, 2.05) is 6.07 Å². The molecule has 0 radical (unpaired) electrons. The zero-order valence-electron chi connectivity index (χ0n) is 25.5. The summed E-state index contributed by atoms with van der Waals surface area (Å²) in [5.74, 6) is 0. The molecule has 0 saturated heterocycles. The Morgan fingerprint density at radius 2 is 1.11 bits per heavy atom. The second-order valence-electron chi connectivity index (χ2n) is 12.9. The van der Waals surface area contributed by atoms with Crippen LogP contribution in [0, 0.1) is 0 Å². The molecule has 0 aliphatic heterocycles. The summed E-state index contributed by atoms with van der Waals surface area (Å²) in [6.07, 6.45) is 0. The topological polar surface area (TPSA) is 38.9 Å². The van der Waals surface area contributed by atoms with Crippen LogP contribution in [0.5, 0.6) is 0 Å². The fourth-order valence-corrected chi connectivity index (χ4v) is 7.80. The Morgan fingerprint density at radius 3 is 1.87 bits per heavy atom. The van der Waals surface area contributed by atoms with E-state index in [0.717, 1.165) is 55.7 Å². The van der Waals surface area contributed by atoms with Gasteiger partial charge in [-0.15, -0.1) is 0 Å². The van der Waals surface area contributed by atoms with Gasteiger partial charge in [0.2, 0.25) is 0 Å². The minimum absolute atomic E-state index is 0.227. The Bertz CT molecular complexity index is 2680. The fourth-order valence-electron chi connectivity index (χ4n) is 7.80. The van der Waals surface area contributed by atoms with Crippen LogP contribution in [0.25, 0.3) is 88.0 Å². The van der Waals surface area contributed by atoms with Crippen LogP contribution in [0.3, 0.4) is 0 Å². The van der Waals surface area contributed by atoms with Gasteiger partial charge in [0, 0.05) is 43.7 Å². The summed E-state index contributed by atoms with van der Waals surface area (Å²) in [5, 5.41) is 8.34. The molecule has 0 saturated carbocycles. The van der Waals surface area contributed by atoms with Crippen molar-refractivity contribution in [1.82, 2.24) is 9.97 Å². The Hall–Kier alpha value is -5.80. The molecule has 3 nitrogen and oxygen atoms in total. The van der Waals surface area contributed by atoms with Gasteiger partial charge in [0.1, 0.15) is 11.3 Å². The zero-order chi connectivity index (χ0) is 30.6.